The summed E-state index contributed by atoms with van der Waals surface area (Å²) in [5.41, 5.74) is 2.57. The standard InChI is InChI=1S/C17H16N2O2S3/c1-21-11-7-5-10(6-8-11)14-13(16(22)23-2)15(19-17(20)18-14)12-4-3-9-24-12/h3-9,15H,1-2H3,(H2,18,19,20). The van der Waals surface area contributed by atoms with Crippen LogP contribution in [0.5, 0.6) is 5.75 Å². The normalized spacial score (nSPS) is 17.2. The monoisotopic (exact) mass is 376 g/mol. The average molecular weight is 377 g/mol. The number of rotatable bonds is 4. The van der Waals surface area contributed by atoms with Gasteiger partial charge in [0.15, 0.2) is 0 Å². The lowest BCUT2D eigenvalue weighted by atomic mass is 9.98. The third-order valence-corrected chi connectivity index (χ3v) is 5.93. The van der Waals surface area contributed by atoms with E-state index < -0.39 is 0 Å². The lowest BCUT2D eigenvalue weighted by Crippen LogP contribution is -2.44. The number of thiophene rings is 1. The Morgan fingerprint density at radius 2 is 2.04 bits per heavy atom. The van der Waals surface area contributed by atoms with Crippen molar-refractivity contribution in [2.24, 2.45) is 0 Å². The average Bonchev–Trinajstić information content (AvgIpc) is 3.15. The highest BCUT2D eigenvalue weighted by Gasteiger charge is 2.31. The SMILES string of the molecule is COc1ccc(C2=C(C(=S)SC)C(c3cccs3)NC(=O)N2)cc1. The quantitative estimate of drug-likeness (QED) is 0.785. The van der Waals surface area contributed by atoms with Gasteiger partial charge in [0.25, 0.3) is 0 Å². The number of benzene rings is 1. The summed E-state index contributed by atoms with van der Waals surface area (Å²) in [7, 11) is 1.63. The van der Waals surface area contributed by atoms with E-state index in [-0.39, 0.29) is 12.1 Å². The molecule has 2 N–H and O–H groups in total. The Bertz CT molecular complexity index is 783. The number of urea groups is 1. The summed E-state index contributed by atoms with van der Waals surface area (Å²) < 4.78 is 5.97. The molecule has 0 saturated heterocycles. The number of thiocarbonyl (C=S) groups is 1. The smallest absolute Gasteiger partial charge is 0.320 e. The molecule has 2 amide bonds. The maximum absolute atomic E-state index is 12.2. The van der Waals surface area contributed by atoms with Gasteiger partial charge in [-0.3, -0.25) is 0 Å². The lowest BCUT2D eigenvalue weighted by molar-refractivity contribution is 0.241. The summed E-state index contributed by atoms with van der Waals surface area (Å²) in [5.74, 6) is 0.767. The van der Waals surface area contributed by atoms with Gasteiger partial charge in [-0.1, -0.05) is 18.3 Å². The zero-order valence-corrected chi connectivity index (χ0v) is 15.6. The van der Waals surface area contributed by atoms with E-state index in [0.717, 1.165) is 31.7 Å². The molecule has 0 bridgehead atoms. The van der Waals surface area contributed by atoms with Crippen LogP contribution in [0.4, 0.5) is 4.79 Å². The summed E-state index contributed by atoms with van der Waals surface area (Å²) >= 11 is 8.69. The number of ether oxygens (including phenoxy) is 1. The number of thioether (sulfide) groups is 1. The van der Waals surface area contributed by atoms with Crippen molar-refractivity contribution >= 4 is 51.2 Å². The maximum atomic E-state index is 12.2. The Morgan fingerprint density at radius 3 is 2.62 bits per heavy atom. The number of carbonyl (C=O) groups is 1. The van der Waals surface area contributed by atoms with Crippen molar-refractivity contribution in [2.75, 3.05) is 13.4 Å². The number of nitrogens with one attached hydrogen (secondary N) is 2. The molecule has 0 aliphatic carbocycles. The van der Waals surface area contributed by atoms with E-state index in [1.54, 1.807) is 18.4 Å². The largest absolute Gasteiger partial charge is 0.497 e. The van der Waals surface area contributed by atoms with Crippen LogP contribution in [-0.4, -0.2) is 23.6 Å². The van der Waals surface area contributed by atoms with Gasteiger partial charge in [-0.15, -0.1) is 23.1 Å². The van der Waals surface area contributed by atoms with Crippen LogP contribution in [0.3, 0.4) is 0 Å². The Kier molecular flexibility index (Phi) is 5.23. The number of carbonyl (C=O) groups excluding carboxylic acids is 1. The van der Waals surface area contributed by atoms with Crippen LogP contribution in [0.2, 0.25) is 0 Å². The highest BCUT2D eigenvalue weighted by atomic mass is 32.2. The summed E-state index contributed by atoms with van der Waals surface area (Å²) in [4.78, 5) is 13.3. The van der Waals surface area contributed by atoms with Gasteiger partial charge in [-0.05, 0) is 47.5 Å². The molecule has 124 valence electrons. The molecule has 1 aromatic carbocycles. The first-order valence-electron chi connectivity index (χ1n) is 7.22. The molecule has 0 spiro atoms. The minimum absolute atomic E-state index is 0.230. The molecule has 4 nitrogen and oxygen atoms in total. The lowest BCUT2D eigenvalue weighted by Gasteiger charge is -2.30. The number of amides is 2. The van der Waals surface area contributed by atoms with Gasteiger partial charge >= 0.3 is 6.03 Å². The fraction of sp³-hybridized carbons (Fsp3) is 0.176. The minimum Gasteiger partial charge on any atom is -0.497 e. The van der Waals surface area contributed by atoms with Gasteiger partial charge in [0.1, 0.15) is 5.75 Å². The summed E-state index contributed by atoms with van der Waals surface area (Å²) in [5, 5.41) is 7.90. The van der Waals surface area contributed by atoms with Gasteiger partial charge in [0.2, 0.25) is 0 Å². The molecule has 24 heavy (non-hydrogen) atoms. The van der Waals surface area contributed by atoms with Crippen molar-refractivity contribution in [3.63, 3.8) is 0 Å². The summed E-state index contributed by atoms with van der Waals surface area (Å²) in [6, 6.07) is 11.1. The van der Waals surface area contributed by atoms with Crippen LogP contribution in [0.25, 0.3) is 5.70 Å². The molecule has 1 aromatic heterocycles. The van der Waals surface area contributed by atoms with E-state index >= 15 is 0 Å². The van der Waals surface area contributed by atoms with Crippen molar-refractivity contribution < 1.29 is 9.53 Å². The third-order valence-electron chi connectivity index (χ3n) is 3.68. The Balaban J connectivity index is 2.14. The van der Waals surface area contributed by atoms with Gasteiger partial charge in [0.05, 0.1) is 23.0 Å². The first-order valence-corrected chi connectivity index (χ1v) is 9.73. The molecule has 2 aromatic rings. The minimum atomic E-state index is -0.240. The van der Waals surface area contributed by atoms with Crippen molar-refractivity contribution in [1.82, 2.24) is 10.6 Å². The Hall–Kier alpha value is -1.83. The fourth-order valence-electron chi connectivity index (χ4n) is 2.55. The first-order chi connectivity index (χ1) is 11.6. The Labute approximate surface area is 154 Å². The van der Waals surface area contributed by atoms with Gasteiger partial charge in [0, 0.05) is 10.5 Å². The second kappa shape index (κ2) is 7.38. The highest BCUT2D eigenvalue weighted by molar-refractivity contribution is 8.23. The van der Waals surface area contributed by atoms with Crippen molar-refractivity contribution in [1.29, 1.82) is 0 Å². The van der Waals surface area contributed by atoms with Crippen LogP contribution >= 0.6 is 35.3 Å². The number of hydrogen-bond acceptors (Lipinski definition) is 5. The zero-order valence-electron chi connectivity index (χ0n) is 13.2. The molecule has 1 aliphatic heterocycles. The second-order valence-corrected chi connectivity index (χ2v) is 7.52. The van der Waals surface area contributed by atoms with Gasteiger partial charge < -0.3 is 15.4 Å². The van der Waals surface area contributed by atoms with Crippen LogP contribution < -0.4 is 15.4 Å². The predicted octanol–water partition coefficient (Wildman–Crippen LogP) is 4.21. The molecule has 1 unspecified atom stereocenters. The highest BCUT2D eigenvalue weighted by Crippen LogP contribution is 2.36. The van der Waals surface area contributed by atoms with E-state index in [1.165, 1.54) is 11.8 Å². The van der Waals surface area contributed by atoms with Crippen molar-refractivity contribution in [3.8, 4) is 5.75 Å². The molecule has 1 aliphatic rings. The number of hydrogen-bond donors (Lipinski definition) is 2. The van der Waals surface area contributed by atoms with Crippen molar-refractivity contribution in [3.05, 3.63) is 57.8 Å². The topological polar surface area (TPSA) is 50.4 Å². The molecule has 7 heteroatoms. The Morgan fingerprint density at radius 1 is 1.29 bits per heavy atom. The van der Waals surface area contributed by atoms with Crippen LogP contribution in [0, 0.1) is 0 Å². The maximum Gasteiger partial charge on any atom is 0.320 e. The number of methoxy groups -OCH3 is 1. The van der Waals surface area contributed by atoms with Crippen LogP contribution in [-0.2, 0) is 0 Å². The molecular formula is C17H16N2O2S3. The van der Waals surface area contributed by atoms with E-state index in [1.807, 2.05) is 48.0 Å². The second-order valence-electron chi connectivity index (χ2n) is 5.06. The van der Waals surface area contributed by atoms with Gasteiger partial charge in [-0.2, -0.15) is 0 Å². The molecule has 2 heterocycles. The van der Waals surface area contributed by atoms with E-state index in [0.29, 0.717) is 0 Å². The summed E-state index contributed by atoms with van der Waals surface area (Å²) in [6.45, 7) is 0. The van der Waals surface area contributed by atoms with E-state index in [2.05, 4.69) is 10.6 Å². The zero-order chi connectivity index (χ0) is 17.1. The van der Waals surface area contributed by atoms with Crippen molar-refractivity contribution in [2.45, 2.75) is 6.04 Å². The van der Waals surface area contributed by atoms with Crippen LogP contribution in [0.1, 0.15) is 16.5 Å². The fourth-order valence-corrected chi connectivity index (χ4v) is 3.99. The molecule has 0 fully saturated rings. The molecule has 0 radical (unpaired) electrons. The third kappa shape index (κ3) is 3.33. The van der Waals surface area contributed by atoms with Gasteiger partial charge in [-0.25, -0.2) is 4.79 Å². The summed E-state index contributed by atoms with van der Waals surface area (Å²) in [6.07, 6.45) is 1.95. The predicted molar refractivity (Wildman–Crippen MR) is 105 cm³/mol. The molecule has 1 atom stereocenters. The van der Waals surface area contributed by atoms with E-state index in [9.17, 15) is 4.79 Å². The van der Waals surface area contributed by atoms with E-state index in [4.69, 9.17) is 17.0 Å². The molecule has 0 saturated carbocycles. The van der Waals surface area contributed by atoms with Crippen LogP contribution in [0.15, 0.2) is 47.4 Å². The first kappa shape index (κ1) is 17.0. The molecule has 3 rings (SSSR count). The molecular weight excluding hydrogens is 360 g/mol.